The lowest BCUT2D eigenvalue weighted by Crippen LogP contribution is -2.62. The van der Waals surface area contributed by atoms with Crippen molar-refractivity contribution in [2.24, 2.45) is 0 Å². The van der Waals surface area contributed by atoms with Crippen molar-refractivity contribution in [3.05, 3.63) is 0 Å². The average Bonchev–Trinajstić information content (AvgIpc) is 2.08. The number of rotatable bonds is 1. The lowest BCUT2D eigenvalue weighted by Gasteiger charge is -2.42. The van der Waals surface area contributed by atoms with E-state index in [0.717, 1.165) is 0 Å². The van der Waals surface area contributed by atoms with Gasteiger partial charge in [0.2, 0.25) is 3.79 Å². The van der Waals surface area contributed by atoms with E-state index >= 15 is 0 Å². The average molecular weight is 306 g/mol. The van der Waals surface area contributed by atoms with Crippen LogP contribution in [0, 0.1) is 0 Å². The first-order valence-electron chi connectivity index (χ1n) is 3.64. The molecular weight excluding hydrogens is 295 g/mol. The van der Waals surface area contributed by atoms with Crippen LogP contribution in [-0.2, 0) is 4.74 Å². The van der Waals surface area contributed by atoms with Gasteiger partial charge >= 0.3 is 0 Å². The molecule has 1 aliphatic heterocycles. The van der Waals surface area contributed by atoms with E-state index in [9.17, 15) is 20.4 Å². The molecule has 0 aromatic carbocycles. The molecule has 0 unspecified atom stereocenters. The van der Waals surface area contributed by atoms with Gasteiger partial charge in [0, 0.05) is 0 Å². The summed E-state index contributed by atoms with van der Waals surface area (Å²) in [5, 5.41) is 45.7. The van der Waals surface area contributed by atoms with E-state index in [4.69, 9.17) is 9.84 Å². The largest absolute Gasteiger partial charge is 0.394 e. The molecule has 0 saturated carbocycles. The molecule has 5 atom stereocenters. The van der Waals surface area contributed by atoms with Gasteiger partial charge in [-0.3, -0.25) is 0 Å². The summed E-state index contributed by atoms with van der Waals surface area (Å²) in [6.07, 6.45) is -5.64. The van der Waals surface area contributed by atoms with E-state index < -0.39 is 34.8 Å². The zero-order valence-electron chi connectivity index (χ0n) is 6.54. The first-order chi connectivity index (χ1) is 5.90. The number of hydrogen-bond acceptors (Lipinski definition) is 6. The lowest BCUT2D eigenvalue weighted by molar-refractivity contribution is -0.296. The number of aliphatic hydroxyl groups excluding tert-OH is 4. The molecule has 0 spiro atoms. The number of halogens is 1. The summed E-state index contributed by atoms with van der Waals surface area (Å²) in [6, 6.07) is 0. The molecule has 1 saturated heterocycles. The Morgan fingerprint density at radius 1 is 1.23 bits per heavy atom. The van der Waals surface area contributed by atoms with Crippen LogP contribution in [0.5, 0.6) is 0 Å². The number of hydrogen-bond donors (Lipinski definition) is 5. The van der Waals surface area contributed by atoms with Gasteiger partial charge in [0.25, 0.3) is 0 Å². The van der Waals surface area contributed by atoms with E-state index in [1.165, 1.54) is 22.6 Å². The van der Waals surface area contributed by atoms with Crippen LogP contribution in [0.4, 0.5) is 0 Å². The van der Waals surface area contributed by atoms with Crippen molar-refractivity contribution in [2.75, 3.05) is 6.61 Å². The molecule has 0 radical (unpaired) electrons. The lowest BCUT2D eigenvalue weighted by atomic mass is 9.99. The van der Waals surface area contributed by atoms with Crippen LogP contribution in [0.1, 0.15) is 0 Å². The minimum absolute atomic E-state index is 0.545. The minimum atomic E-state index is -1.98. The zero-order valence-corrected chi connectivity index (χ0v) is 8.70. The Morgan fingerprint density at radius 2 is 1.77 bits per heavy atom. The van der Waals surface area contributed by atoms with E-state index in [1.54, 1.807) is 0 Å². The Kier molecular flexibility index (Phi) is 3.49. The topological polar surface area (TPSA) is 110 Å². The van der Waals surface area contributed by atoms with Crippen molar-refractivity contribution in [1.82, 2.24) is 0 Å². The molecule has 1 heterocycles. The molecule has 13 heavy (non-hydrogen) atoms. The van der Waals surface area contributed by atoms with Crippen molar-refractivity contribution in [1.29, 1.82) is 0 Å². The molecule has 78 valence electrons. The third-order valence-electron chi connectivity index (χ3n) is 1.92. The van der Waals surface area contributed by atoms with Gasteiger partial charge in [0.15, 0.2) is 0 Å². The first kappa shape index (κ1) is 11.6. The van der Waals surface area contributed by atoms with Crippen LogP contribution in [0.25, 0.3) is 0 Å². The van der Waals surface area contributed by atoms with Crippen LogP contribution in [0.3, 0.4) is 0 Å². The SMILES string of the molecule is OC[C@H]1O[C@@](O)(I)[C@H](O)[C@@H](O)[C@@H]1O. The molecule has 5 N–H and O–H groups in total. The fourth-order valence-electron chi connectivity index (χ4n) is 1.11. The van der Waals surface area contributed by atoms with Gasteiger partial charge in [-0.1, -0.05) is 0 Å². The Morgan fingerprint density at radius 3 is 2.23 bits per heavy atom. The van der Waals surface area contributed by atoms with Crippen LogP contribution < -0.4 is 0 Å². The van der Waals surface area contributed by atoms with Gasteiger partial charge < -0.3 is 30.3 Å². The maximum atomic E-state index is 9.36. The van der Waals surface area contributed by atoms with Crippen LogP contribution in [0.15, 0.2) is 0 Å². The number of alkyl halides is 1. The Hall–Kier alpha value is 0.490. The molecule has 0 aromatic heterocycles. The highest BCUT2D eigenvalue weighted by Gasteiger charge is 2.51. The summed E-state index contributed by atoms with van der Waals surface area (Å²) in [5.41, 5.74) is 0. The molecule has 1 fully saturated rings. The van der Waals surface area contributed by atoms with Crippen molar-refractivity contribution < 1.29 is 30.3 Å². The Bertz CT molecular complexity index is 184. The van der Waals surface area contributed by atoms with E-state index in [2.05, 4.69) is 0 Å². The quantitative estimate of drug-likeness (QED) is 0.271. The third kappa shape index (κ3) is 2.12. The zero-order chi connectivity index (χ0) is 10.2. The number of aliphatic hydroxyl groups is 5. The summed E-state index contributed by atoms with van der Waals surface area (Å²) >= 11 is 1.38. The van der Waals surface area contributed by atoms with Gasteiger partial charge in [-0.05, 0) is 22.6 Å². The highest BCUT2D eigenvalue weighted by Crippen LogP contribution is 2.32. The summed E-state index contributed by atoms with van der Waals surface area (Å²) < 4.78 is 2.77. The van der Waals surface area contributed by atoms with Gasteiger partial charge in [-0.15, -0.1) is 0 Å². The smallest absolute Gasteiger partial charge is 0.248 e. The second-order valence-electron chi connectivity index (χ2n) is 2.87. The fraction of sp³-hybridized carbons (Fsp3) is 1.00. The summed E-state index contributed by atoms with van der Waals surface area (Å²) in [4.78, 5) is 0. The standard InChI is InChI=1S/C6H11IO6/c7-6(12)5(11)4(10)3(9)2(1-8)13-6/h2-5,8-12H,1H2/t2-,3-,4+,5-,6-/m1/s1. The van der Waals surface area contributed by atoms with Crippen molar-refractivity contribution in [3.63, 3.8) is 0 Å². The van der Waals surface area contributed by atoms with Crippen LogP contribution in [0.2, 0.25) is 0 Å². The molecule has 0 aliphatic carbocycles. The van der Waals surface area contributed by atoms with Gasteiger partial charge in [0.05, 0.1) is 6.61 Å². The fourth-order valence-corrected chi connectivity index (χ4v) is 1.81. The highest BCUT2D eigenvalue weighted by atomic mass is 127. The third-order valence-corrected chi connectivity index (χ3v) is 2.81. The predicted octanol–water partition coefficient (Wildman–Crippen LogP) is -2.46. The summed E-state index contributed by atoms with van der Waals surface area (Å²) in [7, 11) is 0. The van der Waals surface area contributed by atoms with Crippen molar-refractivity contribution in [3.8, 4) is 0 Å². The molecule has 0 aromatic rings. The summed E-state index contributed by atoms with van der Waals surface area (Å²) in [5.74, 6) is 0. The van der Waals surface area contributed by atoms with E-state index in [0.29, 0.717) is 0 Å². The molecule has 6 nitrogen and oxygen atoms in total. The monoisotopic (exact) mass is 306 g/mol. The molecule has 0 bridgehead atoms. The molecule has 1 rings (SSSR count). The normalized spacial score (nSPS) is 52.2. The molecule has 0 amide bonds. The second kappa shape index (κ2) is 3.93. The van der Waals surface area contributed by atoms with Crippen LogP contribution >= 0.6 is 22.6 Å². The minimum Gasteiger partial charge on any atom is -0.394 e. The maximum Gasteiger partial charge on any atom is 0.248 e. The molecular formula is C6H11IO6. The maximum absolute atomic E-state index is 9.36. The highest BCUT2D eigenvalue weighted by molar-refractivity contribution is 14.1. The summed E-state index contributed by atoms with van der Waals surface area (Å²) in [6.45, 7) is -0.545. The van der Waals surface area contributed by atoms with Gasteiger partial charge in [-0.2, -0.15) is 0 Å². The predicted molar refractivity (Wildman–Crippen MR) is 48.9 cm³/mol. The second-order valence-corrected chi connectivity index (χ2v) is 4.42. The Balaban J connectivity index is 2.79. The van der Waals surface area contributed by atoms with Gasteiger partial charge in [0.1, 0.15) is 24.4 Å². The van der Waals surface area contributed by atoms with Gasteiger partial charge in [-0.25, -0.2) is 0 Å². The van der Waals surface area contributed by atoms with E-state index in [1.807, 2.05) is 0 Å². The van der Waals surface area contributed by atoms with Crippen molar-refractivity contribution in [2.45, 2.75) is 28.2 Å². The Labute approximate surface area is 87.9 Å². The van der Waals surface area contributed by atoms with E-state index in [-0.39, 0.29) is 0 Å². The molecule has 1 aliphatic rings. The number of ether oxygens (including phenoxy) is 1. The van der Waals surface area contributed by atoms with Crippen LogP contribution in [-0.4, -0.2) is 60.3 Å². The van der Waals surface area contributed by atoms with Crippen molar-refractivity contribution >= 4 is 22.6 Å². The first-order valence-corrected chi connectivity index (χ1v) is 4.72. The molecule has 7 heteroatoms.